The lowest BCUT2D eigenvalue weighted by molar-refractivity contribution is 0.287. The van der Waals surface area contributed by atoms with E-state index in [0.717, 1.165) is 42.8 Å². The monoisotopic (exact) mass is 232 g/mol. The van der Waals surface area contributed by atoms with Crippen molar-refractivity contribution >= 4 is 16.6 Å². The Morgan fingerprint density at radius 3 is 2.76 bits per heavy atom. The normalized spacial score (nSPS) is 11.5. The fraction of sp³-hybridized carbons (Fsp3) is 0.462. The number of hydrogen-bond donors (Lipinski definition) is 1. The zero-order chi connectivity index (χ0) is 12.3. The molecule has 2 aromatic rings. The molecule has 0 radical (unpaired) electrons. The predicted octanol–water partition coefficient (Wildman–Crippen LogP) is 1.96. The second kappa shape index (κ2) is 5.19. The van der Waals surface area contributed by atoms with E-state index in [-0.39, 0.29) is 0 Å². The van der Waals surface area contributed by atoms with Gasteiger partial charge in [-0.3, -0.25) is 4.68 Å². The van der Waals surface area contributed by atoms with Crippen LogP contribution < -0.4 is 5.73 Å². The number of nitrogen functional groups attached to an aromatic ring is 1. The first-order valence-electron chi connectivity index (χ1n) is 6.18. The Hall–Kier alpha value is -1.55. The number of rotatable bonds is 5. The van der Waals surface area contributed by atoms with Gasteiger partial charge in [0.25, 0.3) is 0 Å². The summed E-state index contributed by atoms with van der Waals surface area (Å²) in [4.78, 5) is 2.39. The van der Waals surface area contributed by atoms with Crippen LogP contribution in [0, 0.1) is 0 Å². The molecule has 0 unspecified atom stereocenters. The smallest absolute Gasteiger partial charge is 0.0684 e. The fourth-order valence-electron chi connectivity index (χ4n) is 2.06. The van der Waals surface area contributed by atoms with E-state index >= 15 is 0 Å². The standard InChI is InChI=1S/C13H20N4/c1-3-16(4-2)7-8-17-13-6-5-12(14)9-11(13)10-15-17/h5-6,9-10H,3-4,7-8,14H2,1-2H3. The summed E-state index contributed by atoms with van der Waals surface area (Å²) < 4.78 is 2.05. The highest BCUT2D eigenvalue weighted by atomic mass is 15.3. The number of fused-ring (bicyclic) bond motifs is 1. The number of hydrogen-bond acceptors (Lipinski definition) is 3. The van der Waals surface area contributed by atoms with Crippen LogP contribution in [0.3, 0.4) is 0 Å². The molecule has 0 fully saturated rings. The third-order valence-electron chi connectivity index (χ3n) is 3.19. The lowest BCUT2D eigenvalue weighted by atomic mass is 10.2. The number of anilines is 1. The van der Waals surface area contributed by atoms with Gasteiger partial charge in [0.2, 0.25) is 0 Å². The molecule has 0 aliphatic rings. The van der Waals surface area contributed by atoms with Gasteiger partial charge in [-0.15, -0.1) is 0 Å². The molecule has 4 nitrogen and oxygen atoms in total. The average molecular weight is 232 g/mol. The van der Waals surface area contributed by atoms with Crippen LogP contribution in [0.15, 0.2) is 24.4 Å². The summed E-state index contributed by atoms with van der Waals surface area (Å²) >= 11 is 0. The van der Waals surface area contributed by atoms with E-state index in [9.17, 15) is 0 Å². The van der Waals surface area contributed by atoms with Crippen molar-refractivity contribution in [1.82, 2.24) is 14.7 Å². The largest absolute Gasteiger partial charge is 0.399 e. The van der Waals surface area contributed by atoms with Crippen LogP contribution in [0.5, 0.6) is 0 Å². The summed E-state index contributed by atoms with van der Waals surface area (Å²) in [6.45, 7) is 8.51. The SMILES string of the molecule is CCN(CC)CCn1ncc2cc(N)ccc21. The molecule has 17 heavy (non-hydrogen) atoms. The Morgan fingerprint density at radius 1 is 1.29 bits per heavy atom. The molecule has 0 atom stereocenters. The highest BCUT2D eigenvalue weighted by Crippen LogP contribution is 2.16. The molecule has 0 spiro atoms. The first-order chi connectivity index (χ1) is 8.24. The molecule has 2 rings (SSSR count). The number of benzene rings is 1. The van der Waals surface area contributed by atoms with Crippen LogP contribution in [0.1, 0.15) is 13.8 Å². The molecule has 0 amide bonds. The highest BCUT2D eigenvalue weighted by molar-refractivity contribution is 5.81. The molecule has 1 aromatic heterocycles. The van der Waals surface area contributed by atoms with E-state index in [2.05, 4.69) is 23.8 Å². The van der Waals surface area contributed by atoms with Crippen LogP contribution in [0.25, 0.3) is 10.9 Å². The molecule has 0 bridgehead atoms. The van der Waals surface area contributed by atoms with E-state index in [4.69, 9.17) is 5.73 Å². The maximum atomic E-state index is 5.75. The van der Waals surface area contributed by atoms with Gasteiger partial charge in [-0.2, -0.15) is 5.10 Å². The Labute approximate surface area is 102 Å². The maximum Gasteiger partial charge on any atom is 0.0684 e. The molecule has 1 heterocycles. The predicted molar refractivity (Wildman–Crippen MR) is 71.9 cm³/mol. The minimum atomic E-state index is 0.792. The van der Waals surface area contributed by atoms with Gasteiger partial charge >= 0.3 is 0 Å². The van der Waals surface area contributed by atoms with Gasteiger partial charge < -0.3 is 10.6 Å². The Kier molecular flexibility index (Phi) is 3.64. The first kappa shape index (κ1) is 11.9. The van der Waals surface area contributed by atoms with Crippen LogP contribution in [-0.4, -0.2) is 34.3 Å². The van der Waals surface area contributed by atoms with Crippen molar-refractivity contribution in [3.8, 4) is 0 Å². The molecule has 0 saturated heterocycles. The van der Waals surface area contributed by atoms with Crippen molar-refractivity contribution in [2.45, 2.75) is 20.4 Å². The molecule has 2 N–H and O–H groups in total. The quantitative estimate of drug-likeness (QED) is 0.802. The molecule has 0 aliphatic heterocycles. The Morgan fingerprint density at radius 2 is 2.06 bits per heavy atom. The summed E-state index contributed by atoms with van der Waals surface area (Å²) in [6, 6.07) is 5.94. The van der Waals surface area contributed by atoms with Crippen molar-refractivity contribution in [2.24, 2.45) is 0 Å². The lowest BCUT2D eigenvalue weighted by Gasteiger charge is -2.17. The summed E-state index contributed by atoms with van der Waals surface area (Å²) in [7, 11) is 0. The van der Waals surface area contributed by atoms with Crippen molar-refractivity contribution in [3.63, 3.8) is 0 Å². The molecular formula is C13H20N4. The van der Waals surface area contributed by atoms with Gasteiger partial charge in [0, 0.05) is 17.6 Å². The van der Waals surface area contributed by atoms with E-state index in [1.54, 1.807) is 0 Å². The molecule has 92 valence electrons. The summed E-state index contributed by atoms with van der Waals surface area (Å²) in [5, 5.41) is 5.53. The first-order valence-corrected chi connectivity index (χ1v) is 6.18. The van der Waals surface area contributed by atoms with Gasteiger partial charge in [-0.1, -0.05) is 13.8 Å². The van der Waals surface area contributed by atoms with E-state index in [1.165, 1.54) is 0 Å². The van der Waals surface area contributed by atoms with Gasteiger partial charge in [-0.05, 0) is 31.3 Å². The Balaban J connectivity index is 2.14. The Bertz CT molecular complexity index is 485. The van der Waals surface area contributed by atoms with E-state index in [1.807, 2.05) is 29.1 Å². The molecule has 1 aromatic carbocycles. The number of likely N-dealkylation sites (N-methyl/N-ethyl adjacent to an activating group) is 1. The van der Waals surface area contributed by atoms with Crippen LogP contribution in [0.2, 0.25) is 0 Å². The second-order valence-electron chi connectivity index (χ2n) is 4.21. The zero-order valence-electron chi connectivity index (χ0n) is 10.6. The summed E-state index contributed by atoms with van der Waals surface area (Å²) in [5.74, 6) is 0. The number of nitrogens with two attached hydrogens (primary N) is 1. The fourth-order valence-corrected chi connectivity index (χ4v) is 2.06. The maximum absolute atomic E-state index is 5.75. The van der Waals surface area contributed by atoms with E-state index in [0.29, 0.717) is 0 Å². The highest BCUT2D eigenvalue weighted by Gasteiger charge is 2.04. The van der Waals surface area contributed by atoms with Crippen molar-refractivity contribution in [1.29, 1.82) is 0 Å². The number of nitrogens with zero attached hydrogens (tertiary/aromatic N) is 3. The van der Waals surface area contributed by atoms with Gasteiger partial charge in [-0.25, -0.2) is 0 Å². The van der Waals surface area contributed by atoms with Crippen molar-refractivity contribution in [3.05, 3.63) is 24.4 Å². The summed E-state index contributed by atoms with van der Waals surface area (Å²) in [6.07, 6.45) is 1.88. The molecule has 4 heteroatoms. The molecule has 0 aliphatic carbocycles. The summed E-state index contributed by atoms with van der Waals surface area (Å²) in [5.41, 5.74) is 7.70. The minimum absolute atomic E-state index is 0.792. The van der Waals surface area contributed by atoms with Crippen LogP contribution in [0.4, 0.5) is 5.69 Å². The minimum Gasteiger partial charge on any atom is -0.399 e. The molecular weight excluding hydrogens is 212 g/mol. The average Bonchev–Trinajstić information content (AvgIpc) is 2.73. The van der Waals surface area contributed by atoms with Crippen LogP contribution in [-0.2, 0) is 6.54 Å². The number of aromatic nitrogens is 2. The third-order valence-corrected chi connectivity index (χ3v) is 3.19. The second-order valence-corrected chi connectivity index (χ2v) is 4.21. The van der Waals surface area contributed by atoms with Crippen LogP contribution >= 0.6 is 0 Å². The van der Waals surface area contributed by atoms with Gasteiger partial charge in [0.05, 0.1) is 18.3 Å². The van der Waals surface area contributed by atoms with Crippen molar-refractivity contribution in [2.75, 3.05) is 25.4 Å². The van der Waals surface area contributed by atoms with Crippen molar-refractivity contribution < 1.29 is 0 Å². The van der Waals surface area contributed by atoms with E-state index < -0.39 is 0 Å². The topological polar surface area (TPSA) is 47.1 Å². The third kappa shape index (κ3) is 2.58. The van der Waals surface area contributed by atoms with Gasteiger partial charge in [0.15, 0.2) is 0 Å². The lowest BCUT2D eigenvalue weighted by Crippen LogP contribution is -2.27. The molecule has 0 saturated carbocycles. The zero-order valence-corrected chi connectivity index (χ0v) is 10.6. The van der Waals surface area contributed by atoms with Gasteiger partial charge in [0.1, 0.15) is 0 Å².